The van der Waals surface area contributed by atoms with Gasteiger partial charge in [-0.2, -0.15) is 9.90 Å². The van der Waals surface area contributed by atoms with Gasteiger partial charge in [-0.25, -0.2) is 10.2 Å². The van der Waals surface area contributed by atoms with Crippen molar-refractivity contribution in [2.75, 3.05) is 7.11 Å². The van der Waals surface area contributed by atoms with Crippen LogP contribution in [0.25, 0.3) is 11.4 Å². The summed E-state index contributed by atoms with van der Waals surface area (Å²) in [6, 6.07) is 17.2. The smallest absolute Gasteiger partial charge is 0.379 e. The Morgan fingerprint density at radius 3 is 2.73 bits per heavy atom. The van der Waals surface area contributed by atoms with Crippen molar-refractivity contribution in [1.29, 1.82) is 0 Å². The van der Waals surface area contributed by atoms with E-state index in [1.54, 1.807) is 24.3 Å². The van der Waals surface area contributed by atoms with Gasteiger partial charge >= 0.3 is 5.97 Å². The molecule has 11 nitrogen and oxygen atoms in total. The van der Waals surface area contributed by atoms with Gasteiger partial charge in [-0.1, -0.05) is 30.3 Å². The van der Waals surface area contributed by atoms with Crippen molar-refractivity contribution in [1.82, 2.24) is 25.6 Å². The van der Waals surface area contributed by atoms with Crippen molar-refractivity contribution in [2.45, 2.75) is 6.54 Å². The predicted octanol–water partition coefficient (Wildman–Crippen LogP) is 2.31. The number of methoxy groups -OCH3 is 1. The highest BCUT2D eigenvalue weighted by Gasteiger charge is 2.15. The fourth-order valence-electron chi connectivity index (χ4n) is 2.75. The maximum absolute atomic E-state index is 12.1. The van der Waals surface area contributed by atoms with Gasteiger partial charge in [0.05, 0.1) is 19.6 Å². The number of hydrogen-bond acceptors (Lipinski definition) is 9. The molecule has 0 atom stereocenters. The molecule has 33 heavy (non-hydrogen) atoms. The average molecular weight is 446 g/mol. The summed E-state index contributed by atoms with van der Waals surface area (Å²) in [5, 5.41) is 15.9. The number of tetrazole rings is 1. The van der Waals surface area contributed by atoms with Crippen molar-refractivity contribution >= 4 is 18.1 Å². The van der Waals surface area contributed by atoms with E-state index in [0.29, 0.717) is 17.1 Å². The number of amides is 1. The SMILES string of the molecule is COc1cc(C=NNC(=O)Cn2nnc(-c3ccccc3)n2)ccc1OC(=O)c1ccco1. The maximum Gasteiger partial charge on any atom is 0.379 e. The lowest BCUT2D eigenvalue weighted by atomic mass is 10.2. The van der Waals surface area contributed by atoms with E-state index in [4.69, 9.17) is 13.9 Å². The highest BCUT2D eigenvalue weighted by molar-refractivity contribution is 5.89. The van der Waals surface area contributed by atoms with Crippen molar-refractivity contribution in [3.8, 4) is 22.9 Å². The monoisotopic (exact) mass is 446 g/mol. The molecule has 11 heteroatoms. The summed E-state index contributed by atoms with van der Waals surface area (Å²) in [5.41, 5.74) is 3.80. The number of hydrogen-bond donors (Lipinski definition) is 1. The standard InChI is InChI=1S/C22H18N6O5/c1-31-19-12-15(9-10-17(19)33-22(30)18-8-5-11-32-18)13-23-24-20(29)14-28-26-21(25-27-28)16-6-3-2-4-7-16/h2-13H,14H2,1H3,(H,24,29). The molecule has 2 aromatic heterocycles. The molecule has 0 unspecified atom stereocenters. The van der Waals surface area contributed by atoms with E-state index >= 15 is 0 Å². The molecule has 0 aliphatic heterocycles. The Kier molecular flexibility index (Phi) is 6.50. The molecule has 166 valence electrons. The largest absolute Gasteiger partial charge is 0.493 e. The van der Waals surface area contributed by atoms with Crippen LogP contribution in [0.15, 0.2) is 76.4 Å². The third-order valence-electron chi connectivity index (χ3n) is 4.29. The number of aromatic nitrogens is 4. The van der Waals surface area contributed by atoms with Crippen LogP contribution in [-0.2, 0) is 11.3 Å². The first-order valence-electron chi connectivity index (χ1n) is 9.71. The first-order valence-corrected chi connectivity index (χ1v) is 9.71. The molecule has 0 bridgehead atoms. The maximum atomic E-state index is 12.1. The first kappa shape index (κ1) is 21.4. The molecule has 0 radical (unpaired) electrons. The summed E-state index contributed by atoms with van der Waals surface area (Å²) in [6.45, 7) is -0.151. The molecular weight excluding hydrogens is 428 g/mol. The zero-order valence-electron chi connectivity index (χ0n) is 17.4. The van der Waals surface area contributed by atoms with Crippen LogP contribution in [0, 0.1) is 0 Å². The van der Waals surface area contributed by atoms with E-state index in [1.165, 1.54) is 30.5 Å². The average Bonchev–Trinajstić information content (AvgIpc) is 3.53. The summed E-state index contributed by atoms with van der Waals surface area (Å²) in [5.74, 6) is -0.0599. The van der Waals surface area contributed by atoms with Crippen LogP contribution >= 0.6 is 0 Å². The molecule has 0 spiro atoms. The number of carbonyl (C=O) groups is 2. The van der Waals surface area contributed by atoms with Crippen LogP contribution in [0.1, 0.15) is 16.1 Å². The third kappa shape index (κ3) is 5.47. The molecule has 2 heterocycles. The topological polar surface area (TPSA) is 134 Å². The number of benzene rings is 2. The first-order chi connectivity index (χ1) is 16.1. The quantitative estimate of drug-likeness (QED) is 0.189. The van der Waals surface area contributed by atoms with E-state index in [1.807, 2.05) is 30.3 Å². The van der Waals surface area contributed by atoms with E-state index in [9.17, 15) is 9.59 Å². The number of nitrogens with one attached hydrogen (secondary N) is 1. The van der Waals surface area contributed by atoms with Crippen molar-refractivity contribution in [3.05, 3.63) is 78.3 Å². The molecule has 2 aromatic carbocycles. The van der Waals surface area contributed by atoms with Gasteiger partial charge in [-0.3, -0.25) is 4.79 Å². The number of nitrogens with zero attached hydrogens (tertiary/aromatic N) is 5. The van der Waals surface area contributed by atoms with E-state index in [-0.39, 0.29) is 18.1 Å². The molecule has 0 saturated carbocycles. The predicted molar refractivity (Wildman–Crippen MR) is 116 cm³/mol. The summed E-state index contributed by atoms with van der Waals surface area (Å²) in [7, 11) is 1.44. The molecule has 0 saturated heterocycles. The lowest BCUT2D eigenvalue weighted by molar-refractivity contribution is -0.122. The van der Waals surface area contributed by atoms with Crippen LogP contribution in [-0.4, -0.2) is 45.4 Å². The number of esters is 1. The molecule has 0 aliphatic carbocycles. The Bertz CT molecular complexity index is 1270. The number of rotatable bonds is 8. The number of carbonyl (C=O) groups excluding carboxylic acids is 2. The zero-order chi connectivity index (χ0) is 23.0. The van der Waals surface area contributed by atoms with E-state index in [0.717, 1.165) is 5.56 Å². The van der Waals surface area contributed by atoms with Gasteiger partial charge in [0.15, 0.2) is 11.5 Å². The highest BCUT2D eigenvalue weighted by atomic mass is 16.6. The summed E-state index contributed by atoms with van der Waals surface area (Å²) in [4.78, 5) is 25.3. The summed E-state index contributed by atoms with van der Waals surface area (Å²) >= 11 is 0. The van der Waals surface area contributed by atoms with E-state index < -0.39 is 11.9 Å². The van der Waals surface area contributed by atoms with Crippen LogP contribution in [0.5, 0.6) is 11.5 Å². The third-order valence-corrected chi connectivity index (χ3v) is 4.29. The molecule has 0 fully saturated rings. The minimum absolute atomic E-state index is 0.0724. The van der Waals surface area contributed by atoms with Crippen molar-refractivity contribution < 1.29 is 23.5 Å². The van der Waals surface area contributed by atoms with Crippen LogP contribution in [0.4, 0.5) is 0 Å². The van der Waals surface area contributed by atoms with Crippen molar-refractivity contribution in [3.63, 3.8) is 0 Å². The number of ether oxygens (including phenoxy) is 2. The van der Waals surface area contributed by atoms with Crippen LogP contribution in [0.3, 0.4) is 0 Å². The fourth-order valence-corrected chi connectivity index (χ4v) is 2.75. The zero-order valence-corrected chi connectivity index (χ0v) is 17.4. The van der Waals surface area contributed by atoms with Gasteiger partial charge in [-0.15, -0.1) is 10.2 Å². The Labute approximate surface area is 187 Å². The van der Waals surface area contributed by atoms with Crippen LogP contribution in [0.2, 0.25) is 0 Å². The fraction of sp³-hybridized carbons (Fsp3) is 0.0909. The Hall–Kier alpha value is -4.80. The Balaban J connectivity index is 1.33. The van der Waals surface area contributed by atoms with Gasteiger partial charge in [0.25, 0.3) is 5.91 Å². The second-order valence-electron chi connectivity index (χ2n) is 6.58. The lowest BCUT2D eigenvalue weighted by Crippen LogP contribution is -2.24. The summed E-state index contributed by atoms with van der Waals surface area (Å²) < 4.78 is 15.6. The van der Waals surface area contributed by atoms with Gasteiger partial charge in [0, 0.05) is 5.56 Å². The molecule has 4 aromatic rings. The molecule has 0 aliphatic rings. The molecule has 4 rings (SSSR count). The number of furan rings is 1. The summed E-state index contributed by atoms with van der Waals surface area (Å²) in [6.07, 6.45) is 2.80. The lowest BCUT2D eigenvalue weighted by Gasteiger charge is -2.09. The van der Waals surface area contributed by atoms with Gasteiger partial charge in [-0.05, 0) is 41.1 Å². The Morgan fingerprint density at radius 1 is 1.12 bits per heavy atom. The normalized spacial score (nSPS) is 10.8. The molecular formula is C22H18N6O5. The minimum Gasteiger partial charge on any atom is -0.493 e. The highest BCUT2D eigenvalue weighted by Crippen LogP contribution is 2.28. The Morgan fingerprint density at radius 2 is 1.97 bits per heavy atom. The molecule has 1 amide bonds. The minimum atomic E-state index is -0.649. The van der Waals surface area contributed by atoms with E-state index in [2.05, 4.69) is 25.9 Å². The van der Waals surface area contributed by atoms with Gasteiger partial charge in [0.1, 0.15) is 6.54 Å². The second kappa shape index (κ2) is 10.0. The van der Waals surface area contributed by atoms with Crippen LogP contribution < -0.4 is 14.9 Å². The molecule has 1 N–H and O–H groups in total. The second-order valence-corrected chi connectivity index (χ2v) is 6.58. The van der Waals surface area contributed by atoms with Crippen molar-refractivity contribution in [2.24, 2.45) is 5.10 Å². The van der Waals surface area contributed by atoms with Gasteiger partial charge < -0.3 is 13.9 Å². The number of hydrazone groups is 1. The van der Waals surface area contributed by atoms with Gasteiger partial charge in [0.2, 0.25) is 11.6 Å².